The van der Waals surface area contributed by atoms with Crippen LogP contribution in [-0.2, 0) is 11.2 Å². The average molecular weight is 297 g/mol. The molecule has 1 heterocycles. The van der Waals surface area contributed by atoms with Crippen molar-refractivity contribution in [1.82, 2.24) is 9.55 Å². The molecule has 110 valence electrons. The van der Waals surface area contributed by atoms with Gasteiger partial charge in [-0.05, 0) is 26.0 Å². The first-order valence-electron chi connectivity index (χ1n) is 6.89. The second-order valence-electron chi connectivity index (χ2n) is 4.70. The third kappa shape index (κ3) is 3.07. The van der Waals surface area contributed by atoms with Crippen molar-refractivity contribution >= 4 is 22.6 Å². The summed E-state index contributed by atoms with van der Waals surface area (Å²) in [5.74, 6) is 2.39. The molecule has 0 aliphatic rings. The maximum atomic E-state index is 5.89. The van der Waals surface area contributed by atoms with Crippen LogP contribution in [0.4, 0.5) is 0 Å². The molecule has 5 heteroatoms. The normalized spacial score (nSPS) is 12.8. The van der Waals surface area contributed by atoms with Crippen molar-refractivity contribution in [2.24, 2.45) is 0 Å². The summed E-state index contributed by atoms with van der Waals surface area (Å²) < 4.78 is 13.1. The van der Waals surface area contributed by atoms with Crippen LogP contribution in [0.3, 0.4) is 0 Å². The molecule has 1 aromatic carbocycles. The number of aryl methyl sites for hydroxylation is 1. The summed E-state index contributed by atoms with van der Waals surface area (Å²) in [6, 6.07) is 6.14. The molecule has 0 fully saturated rings. The first-order chi connectivity index (χ1) is 9.71. The molecule has 0 amide bonds. The van der Waals surface area contributed by atoms with Gasteiger partial charge in [-0.15, -0.1) is 11.6 Å². The summed E-state index contributed by atoms with van der Waals surface area (Å²) in [5, 5.41) is 0. The van der Waals surface area contributed by atoms with E-state index in [9.17, 15) is 0 Å². The number of rotatable bonds is 7. The van der Waals surface area contributed by atoms with Gasteiger partial charge in [-0.3, -0.25) is 0 Å². The van der Waals surface area contributed by atoms with E-state index in [1.165, 1.54) is 0 Å². The Bertz CT molecular complexity index is 568. The predicted molar refractivity (Wildman–Crippen MR) is 81.9 cm³/mol. The van der Waals surface area contributed by atoms with Crippen LogP contribution in [0.5, 0.6) is 5.75 Å². The van der Waals surface area contributed by atoms with Gasteiger partial charge >= 0.3 is 0 Å². The van der Waals surface area contributed by atoms with Crippen LogP contribution in [-0.4, -0.2) is 35.8 Å². The van der Waals surface area contributed by atoms with Crippen molar-refractivity contribution in [2.45, 2.75) is 26.3 Å². The maximum absolute atomic E-state index is 5.89. The van der Waals surface area contributed by atoms with Crippen LogP contribution < -0.4 is 4.74 Å². The molecule has 20 heavy (non-hydrogen) atoms. The van der Waals surface area contributed by atoms with Gasteiger partial charge in [0.2, 0.25) is 0 Å². The van der Waals surface area contributed by atoms with Crippen LogP contribution in [0, 0.1) is 0 Å². The second-order valence-corrected chi connectivity index (χ2v) is 5.08. The van der Waals surface area contributed by atoms with E-state index >= 15 is 0 Å². The standard InChI is InChI=1S/C15H21ClN2O2/c1-4-20-10-11(2)18-14-9-12(19-3)5-6-13(14)17-15(18)7-8-16/h5-6,9,11H,4,7-8,10H2,1-3H3. The number of benzene rings is 1. The van der Waals surface area contributed by atoms with E-state index in [0.717, 1.165) is 29.0 Å². The number of alkyl halides is 1. The number of imidazole rings is 1. The van der Waals surface area contributed by atoms with Crippen molar-refractivity contribution in [3.63, 3.8) is 0 Å². The van der Waals surface area contributed by atoms with Gasteiger partial charge in [0.25, 0.3) is 0 Å². The zero-order valence-electron chi connectivity index (χ0n) is 12.2. The molecule has 2 aromatic rings. The molecule has 0 saturated heterocycles. The topological polar surface area (TPSA) is 36.3 Å². The molecule has 0 saturated carbocycles. The van der Waals surface area contributed by atoms with Gasteiger partial charge in [0, 0.05) is 25.0 Å². The highest BCUT2D eigenvalue weighted by Gasteiger charge is 2.16. The van der Waals surface area contributed by atoms with Crippen molar-refractivity contribution in [3.8, 4) is 5.75 Å². The fourth-order valence-electron chi connectivity index (χ4n) is 2.37. The summed E-state index contributed by atoms with van der Waals surface area (Å²) in [6.45, 7) is 5.51. The van der Waals surface area contributed by atoms with Crippen molar-refractivity contribution in [3.05, 3.63) is 24.0 Å². The summed E-state index contributed by atoms with van der Waals surface area (Å²) in [4.78, 5) is 4.67. The Morgan fingerprint density at radius 3 is 2.85 bits per heavy atom. The Hall–Kier alpha value is -1.26. The summed E-state index contributed by atoms with van der Waals surface area (Å²) in [5.41, 5.74) is 2.03. The lowest BCUT2D eigenvalue weighted by atomic mass is 10.2. The van der Waals surface area contributed by atoms with E-state index < -0.39 is 0 Å². The third-order valence-electron chi connectivity index (χ3n) is 3.29. The molecule has 2 rings (SSSR count). The number of hydrogen-bond acceptors (Lipinski definition) is 3. The number of fused-ring (bicyclic) bond motifs is 1. The van der Waals surface area contributed by atoms with Crippen LogP contribution in [0.25, 0.3) is 11.0 Å². The highest BCUT2D eigenvalue weighted by molar-refractivity contribution is 6.17. The number of halogens is 1. The molecule has 4 nitrogen and oxygen atoms in total. The van der Waals surface area contributed by atoms with Gasteiger partial charge in [0.15, 0.2) is 0 Å². The van der Waals surface area contributed by atoms with Crippen molar-refractivity contribution < 1.29 is 9.47 Å². The molecular formula is C15H21ClN2O2. The van der Waals surface area contributed by atoms with Crippen molar-refractivity contribution in [1.29, 1.82) is 0 Å². The zero-order chi connectivity index (χ0) is 14.5. The molecule has 1 atom stereocenters. The fourth-order valence-corrected chi connectivity index (χ4v) is 2.53. The average Bonchev–Trinajstić information content (AvgIpc) is 2.82. The smallest absolute Gasteiger partial charge is 0.121 e. The Morgan fingerprint density at radius 1 is 1.40 bits per heavy atom. The van der Waals surface area contributed by atoms with Crippen LogP contribution >= 0.6 is 11.6 Å². The zero-order valence-corrected chi connectivity index (χ0v) is 13.0. The summed E-state index contributed by atoms with van der Waals surface area (Å²) in [7, 11) is 1.67. The molecule has 1 aromatic heterocycles. The molecule has 1 unspecified atom stereocenters. The van der Waals surface area contributed by atoms with Gasteiger partial charge in [-0.25, -0.2) is 4.98 Å². The SMILES string of the molecule is CCOCC(C)n1c(CCCl)nc2ccc(OC)cc21. The third-order valence-corrected chi connectivity index (χ3v) is 3.48. The van der Waals surface area contributed by atoms with Crippen LogP contribution in [0.15, 0.2) is 18.2 Å². The summed E-state index contributed by atoms with van der Waals surface area (Å²) >= 11 is 5.89. The molecule has 0 aliphatic carbocycles. The van der Waals surface area contributed by atoms with E-state index in [2.05, 4.69) is 16.5 Å². The second kappa shape index (κ2) is 6.95. The number of hydrogen-bond donors (Lipinski definition) is 0. The van der Waals surface area contributed by atoms with E-state index in [4.69, 9.17) is 21.1 Å². The van der Waals surface area contributed by atoms with Gasteiger partial charge in [0.05, 0.1) is 30.8 Å². The monoisotopic (exact) mass is 296 g/mol. The Kier molecular flexibility index (Phi) is 5.26. The Balaban J connectivity index is 2.47. The first kappa shape index (κ1) is 15.1. The Labute approximate surface area is 124 Å². The first-order valence-corrected chi connectivity index (χ1v) is 7.43. The van der Waals surface area contributed by atoms with Crippen LogP contribution in [0.2, 0.25) is 0 Å². The molecule has 0 spiro atoms. The number of nitrogens with zero attached hydrogens (tertiary/aromatic N) is 2. The van der Waals surface area contributed by atoms with Gasteiger partial charge in [0.1, 0.15) is 11.6 Å². The highest BCUT2D eigenvalue weighted by atomic mass is 35.5. The maximum Gasteiger partial charge on any atom is 0.121 e. The lowest BCUT2D eigenvalue weighted by molar-refractivity contribution is 0.119. The van der Waals surface area contributed by atoms with E-state index in [1.54, 1.807) is 7.11 Å². The van der Waals surface area contributed by atoms with Crippen molar-refractivity contribution in [2.75, 3.05) is 26.2 Å². The molecule has 0 aliphatic heterocycles. The fraction of sp³-hybridized carbons (Fsp3) is 0.533. The summed E-state index contributed by atoms with van der Waals surface area (Å²) in [6.07, 6.45) is 0.745. The minimum Gasteiger partial charge on any atom is -0.497 e. The lowest BCUT2D eigenvalue weighted by Gasteiger charge is -2.17. The van der Waals surface area contributed by atoms with Crippen LogP contribution in [0.1, 0.15) is 25.7 Å². The lowest BCUT2D eigenvalue weighted by Crippen LogP contribution is -2.15. The number of aromatic nitrogens is 2. The van der Waals surface area contributed by atoms with Gasteiger partial charge in [-0.1, -0.05) is 0 Å². The number of methoxy groups -OCH3 is 1. The quantitative estimate of drug-likeness (QED) is 0.735. The number of ether oxygens (including phenoxy) is 2. The predicted octanol–water partition coefficient (Wildman–Crippen LogP) is 3.42. The highest BCUT2D eigenvalue weighted by Crippen LogP contribution is 2.26. The van der Waals surface area contributed by atoms with Gasteiger partial charge in [-0.2, -0.15) is 0 Å². The van der Waals surface area contributed by atoms with Gasteiger partial charge < -0.3 is 14.0 Å². The molecule has 0 radical (unpaired) electrons. The minimum atomic E-state index is 0.213. The van der Waals surface area contributed by atoms with E-state index in [-0.39, 0.29) is 6.04 Å². The Morgan fingerprint density at radius 2 is 2.20 bits per heavy atom. The van der Waals surface area contributed by atoms with E-state index in [1.807, 2.05) is 25.1 Å². The largest absolute Gasteiger partial charge is 0.497 e. The molecule has 0 bridgehead atoms. The minimum absolute atomic E-state index is 0.213. The van der Waals surface area contributed by atoms with E-state index in [0.29, 0.717) is 19.1 Å². The molecule has 0 N–H and O–H groups in total. The molecular weight excluding hydrogens is 276 g/mol.